The minimum Gasteiger partial charge on any atom is -0.451 e. The average Bonchev–Trinajstić information content (AvgIpc) is 2.29. The fourth-order valence-corrected chi connectivity index (χ4v) is 2.22. The molecule has 2 nitrogen and oxygen atoms in total. The largest absolute Gasteiger partial charge is 0.451 e. The maximum absolute atomic E-state index is 11.5. The SMILES string of the molecule is CCCCCCCC(=O)OC(Br)CCCCC. The fourth-order valence-electron chi connectivity index (χ4n) is 1.69. The summed E-state index contributed by atoms with van der Waals surface area (Å²) in [5.41, 5.74) is 0. The monoisotopic (exact) mass is 306 g/mol. The van der Waals surface area contributed by atoms with Crippen LogP contribution in [0.15, 0.2) is 0 Å². The second kappa shape index (κ2) is 12.4. The van der Waals surface area contributed by atoms with Crippen LogP contribution in [0.2, 0.25) is 0 Å². The summed E-state index contributed by atoms with van der Waals surface area (Å²) in [7, 11) is 0. The lowest BCUT2D eigenvalue weighted by molar-refractivity contribution is -0.145. The van der Waals surface area contributed by atoms with Gasteiger partial charge in [0.2, 0.25) is 0 Å². The van der Waals surface area contributed by atoms with E-state index in [9.17, 15) is 4.79 Å². The van der Waals surface area contributed by atoms with Crippen molar-refractivity contribution in [2.75, 3.05) is 0 Å². The Morgan fingerprint density at radius 3 is 2.24 bits per heavy atom. The number of esters is 1. The number of hydrogen-bond acceptors (Lipinski definition) is 2. The molecule has 0 aromatic rings. The number of carbonyl (C=O) groups is 1. The summed E-state index contributed by atoms with van der Waals surface area (Å²) in [6, 6.07) is 0. The number of hydrogen-bond donors (Lipinski definition) is 0. The molecule has 0 heterocycles. The molecule has 0 saturated carbocycles. The molecule has 0 spiro atoms. The Hall–Kier alpha value is -0.0500. The Balaban J connectivity index is 3.37. The molecule has 0 aliphatic heterocycles. The molecular weight excluding hydrogens is 280 g/mol. The molecule has 1 atom stereocenters. The van der Waals surface area contributed by atoms with E-state index in [0.717, 1.165) is 25.7 Å². The number of alkyl halides is 1. The van der Waals surface area contributed by atoms with Gasteiger partial charge in [0.05, 0.1) is 0 Å². The molecule has 0 aliphatic carbocycles. The van der Waals surface area contributed by atoms with E-state index in [0.29, 0.717) is 6.42 Å². The molecule has 3 heteroatoms. The Morgan fingerprint density at radius 2 is 1.59 bits per heavy atom. The van der Waals surface area contributed by atoms with E-state index in [1.807, 2.05) is 0 Å². The van der Waals surface area contributed by atoms with Crippen molar-refractivity contribution in [2.45, 2.75) is 83.1 Å². The van der Waals surface area contributed by atoms with Crippen molar-refractivity contribution >= 4 is 21.9 Å². The molecule has 0 amide bonds. The first-order chi connectivity index (χ1) is 8.20. The third-order valence-corrected chi connectivity index (χ3v) is 3.42. The predicted molar refractivity (Wildman–Crippen MR) is 76.3 cm³/mol. The van der Waals surface area contributed by atoms with E-state index in [2.05, 4.69) is 29.8 Å². The summed E-state index contributed by atoms with van der Waals surface area (Å²) in [4.78, 5) is 11.5. The lowest BCUT2D eigenvalue weighted by atomic mass is 10.1. The van der Waals surface area contributed by atoms with Gasteiger partial charge in [-0.3, -0.25) is 4.79 Å². The number of halogens is 1. The van der Waals surface area contributed by atoms with Crippen LogP contribution in [0.4, 0.5) is 0 Å². The summed E-state index contributed by atoms with van der Waals surface area (Å²) in [5, 5.41) is -0.0859. The van der Waals surface area contributed by atoms with E-state index in [4.69, 9.17) is 4.74 Å². The van der Waals surface area contributed by atoms with Crippen molar-refractivity contribution in [1.82, 2.24) is 0 Å². The van der Waals surface area contributed by atoms with Gasteiger partial charge in [-0.25, -0.2) is 0 Å². The molecule has 0 N–H and O–H groups in total. The Morgan fingerprint density at radius 1 is 1.00 bits per heavy atom. The highest BCUT2D eigenvalue weighted by atomic mass is 79.9. The van der Waals surface area contributed by atoms with Crippen molar-refractivity contribution in [1.29, 1.82) is 0 Å². The molecule has 0 rings (SSSR count). The second-order valence-electron chi connectivity index (χ2n) is 4.56. The van der Waals surface area contributed by atoms with E-state index in [1.54, 1.807) is 0 Å². The molecule has 0 aromatic carbocycles. The van der Waals surface area contributed by atoms with Crippen molar-refractivity contribution in [3.8, 4) is 0 Å². The van der Waals surface area contributed by atoms with E-state index < -0.39 is 0 Å². The van der Waals surface area contributed by atoms with Crippen LogP contribution in [0.5, 0.6) is 0 Å². The molecule has 0 saturated heterocycles. The third-order valence-electron chi connectivity index (χ3n) is 2.78. The summed E-state index contributed by atoms with van der Waals surface area (Å²) >= 11 is 3.40. The molecular formula is C14H27BrO2. The van der Waals surface area contributed by atoms with Gasteiger partial charge in [0, 0.05) is 6.42 Å². The van der Waals surface area contributed by atoms with Crippen LogP contribution in [0, 0.1) is 0 Å². The van der Waals surface area contributed by atoms with Gasteiger partial charge in [-0.2, -0.15) is 0 Å². The fraction of sp³-hybridized carbons (Fsp3) is 0.929. The lowest BCUT2D eigenvalue weighted by Gasteiger charge is -2.11. The minimum atomic E-state index is -0.0859. The highest BCUT2D eigenvalue weighted by Crippen LogP contribution is 2.14. The van der Waals surface area contributed by atoms with Gasteiger partial charge in [-0.1, -0.05) is 52.4 Å². The molecule has 0 fully saturated rings. The molecule has 0 radical (unpaired) electrons. The maximum atomic E-state index is 11.5. The van der Waals surface area contributed by atoms with Crippen LogP contribution < -0.4 is 0 Å². The van der Waals surface area contributed by atoms with Crippen LogP contribution >= 0.6 is 15.9 Å². The van der Waals surface area contributed by atoms with E-state index in [1.165, 1.54) is 32.1 Å². The van der Waals surface area contributed by atoms with Gasteiger partial charge < -0.3 is 4.74 Å². The van der Waals surface area contributed by atoms with Crippen LogP contribution in [0.3, 0.4) is 0 Å². The number of rotatable bonds is 11. The summed E-state index contributed by atoms with van der Waals surface area (Å²) in [6.45, 7) is 4.37. The van der Waals surface area contributed by atoms with Gasteiger partial charge in [0.25, 0.3) is 0 Å². The minimum absolute atomic E-state index is 0.0557. The molecule has 0 bridgehead atoms. The highest BCUT2D eigenvalue weighted by Gasteiger charge is 2.09. The van der Waals surface area contributed by atoms with Gasteiger partial charge >= 0.3 is 5.97 Å². The summed E-state index contributed by atoms with van der Waals surface area (Å²) in [6.07, 6.45) is 10.9. The first-order valence-electron chi connectivity index (χ1n) is 7.04. The molecule has 0 aromatic heterocycles. The van der Waals surface area contributed by atoms with Gasteiger partial charge in [-0.15, -0.1) is 0 Å². The summed E-state index contributed by atoms with van der Waals surface area (Å²) < 4.78 is 5.28. The maximum Gasteiger partial charge on any atom is 0.306 e. The number of carbonyl (C=O) groups excluding carboxylic acids is 1. The van der Waals surface area contributed by atoms with Crippen LogP contribution in [0.1, 0.15) is 78.1 Å². The van der Waals surface area contributed by atoms with Gasteiger partial charge in [-0.05, 0) is 35.2 Å². The Bertz CT molecular complexity index is 183. The third kappa shape index (κ3) is 12.2. The van der Waals surface area contributed by atoms with Gasteiger partial charge in [0.15, 0.2) is 5.01 Å². The van der Waals surface area contributed by atoms with Crippen LogP contribution in [-0.4, -0.2) is 11.0 Å². The zero-order valence-electron chi connectivity index (χ0n) is 11.3. The van der Waals surface area contributed by atoms with Crippen molar-refractivity contribution in [3.63, 3.8) is 0 Å². The second-order valence-corrected chi connectivity index (χ2v) is 5.58. The Kier molecular flexibility index (Phi) is 12.4. The normalized spacial score (nSPS) is 12.4. The van der Waals surface area contributed by atoms with E-state index in [-0.39, 0.29) is 11.0 Å². The first-order valence-corrected chi connectivity index (χ1v) is 7.95. The zero-order valence-corrected chi connectivity index (χ0v) is 12.9. The van der Waals surface area contributed by atoms with Crippen molar-refractivity contribution < 1.29 is 9.53 Å². The smallest absolute Gasteiger partial charge is 0.306 e. The van der Waals surface area contributed by atoms with E-state index >= 15 is 0 Å². The lowest BCUT2D eigenvalue weighted by Crippen LogP contribution is -2.12. The molecule has 0 aliphatic rings. The molecule has 17 heavy (non-hydrogen) atoms. The predicted octanol–water partition coefficient (Wildman–Crippen LogP) is 5.19. The Labute approximate surface area is 115 Å². The number of ether oxygens (including phenoxy) is 1. The summed E-state index contributed by atoms with van der Waals surface area (Å²) in [5.74, 6) is -0.0557. The standard InChI is InChI=1S/C14H27BrO2/c1-3-5-7-8-10-12-14(16)17-13(15)11-9-6-4-2/h13H,3-12H2,1-2H3. The zero-order chi connectivity index (χ0) is 12.9. The molecule has 102 valence electrons. The van der Waals surface area contributed by atoms with Crippen LogP contribution in [-0.2, 0) is 9.53 Å². The first kappa shape index (κ1) is 16.9. The number of unbranched alkanes of at least 4 members (excludes halogenated alkanes) is 6. The van der Waals surface area contributed by atoms with Crippen LogP contribution in [0.25, 0.3) is 0 Å². The van der Waals surface area contributed by atoms with Crippen molar-refractivity contribution in [2.24, 2.45) is 0 Å². The quantitative estimate of drug-likeness (QED) is 0.298. The highest BCUT2D eigenvalue weighted by molar-refractivity contribution is 9.09. The van der Waals surface area contributed by atoms with Gasteiger partial charge in [0.1, 0.15) is 0 Å². The topological polar surface area (TPSA) is 26.3 Å². The van der Waals surface area contributed by atoms with Crippen molar-refractivity contribution in [3.05, 3.63) is 0 Å². The molecule has 1 unspecified atom stereocenters. The average molecular weight is 307 g/mol.